The molecule has 1 N–H and O–H groups in total. The van der Waals surface area contributed by atoms with Crippen LogP contribution in [0.4, 0.5) is 0 Å². The zero-order valence-electron chi connectivity index (χ0n) is 7.41. The second kappa shape index (κ2) is 4.75. The van der Waals surface area contributed by atoms with Gasteiger partial charge < -0.3 is 10.1 Å². The van der Waals surface area contributed by atoms with Crippen molar-refractivity contribution in [2.75, 3.05) is 20.3 Å². The van der Waals surface area contributed by atoms with Gasteiger partial charge in [-0.3, -0.25) is 0 Å². The molecule has 66 valence electrons. The van der Waals surface area contributed by atoms with E-state index in [0.717, 1.165) is 0 Å². The molecule has 11 heavy (non-hydrogen) atoms. The molecule has 0 atom stereocenters. The van der Waals surface area contributed by atoms with Gasteiger partial charge in [-0.2, -0.15) is 0 Å². The third-order valence-corrected chi connectivity index (χ3v) is 1.40. The highest BCUT2D eigenvalue weighted by Gasteiger charge is 2.15. The summed E-state index contributed by atoms with van der Waals surface area (Å²) in [6.45, 7) is 8.97. The Bertz CT molecular complexity index is 134. The summed E-state index contributed by atoms with van der Waals surface area (Å²) in [6.07, 6.45) is 0. The fourth-order valence-corrected chi connectivity index (χ4v) is 0.814. The van der Waals surface area contributed by atoms with E-state index in [0.29, 0.717) is 18.2 Å². The van der Waals surface area contributed by atoms with Gasteiger partial charge in [-0.1, -0.05) is 18.2 Å². The molecule has 0 bridgehead atoms. The van der Waals surface area contributed by atoms with Gasteiger partial charge in [0, 0.05) is 24.2 Å². The molecule has 0 radical (unpaired) electrons. The number of rotatable bonds is 5. The molecule has 0 aliphatic carbocycles. The van der Waals surface area contributed by atoms with Crippen LogP contribution in [0.15, 0.2) is 11.6 Å². The monoisotopic (exact) mass is 177 g/mol. The highest BCUT2D eigenvalue weighted by atomic mass is 35.5. The third kappa shape index (κ3) is 6.35. The molecule has 0 fully saturated rings. The smallest absolute Gasteiger partial charge is 0.0639 e. The Hall–Kier alpha value is -0.0500. The first-order valence-electron chi connectivity index (χ1n) is 3.55. The summed E-state index contributed by atoms with van der Waals surface area (Å²) >= 11 is 5.59. The molecule has 0 spiro atoms. The van der Waals surface area contributed by atoms with E-state index in [9.17, 15) is 0 Å². The van der Waals surface area contributed by atoms with Crippen LogP contribution in [0.3, 0.4) is 0 Å². The lowest BCUT2D eigenvalue weighted by Gasteiger charge is -2.24. The first kappa shape index (κ1) is 11.0. The molecule has 0 aromatic rings. The quantitative estimate of drug-likeness (QED) is 0.691. The summed E-state index contributed by atoms with van der Waals surface area (Å²) in [5.74, 6) is 0. The zero-order valence-corrected chi connectivity index (χ0v) is 8.16. The van der Waals surface area contributed by atoms with Gasteiger partial charge in [0.2, 0.25) is 0 Å². The lowest BCUT2D eigenvalue weighted by molar-refractivity contribution is 0.131. The van der Waals surface area contributed by atoms with E-state index in [1.807, 2.05) is 0 Å². The number of methoxy groups -OCH3 is 1. The molecule has 0 unspecified atom stereocenters. The molecule has 0 aromatic heterocycles. The second-order valence-corrected chi connectivity index (χ2v) is 3.72. The first-order valence-corrected chi connectivity index (χ1v) is 3.93. The lowest BCUT2D eigenvalue weighted by atomic mass is 10.1. The van der Waals surface area contributed by atoms with Crippen molar-refractivity contribution in [2.24, 2.45) is 0 Å². The van der Waals surface area contributed by atoms with Crippen LogP contribution in [0, 0.1) is 0 Å². The summed E-state index contributed by atoms with van der Waals surface area (Å²) < 4.78 is 5.00. The number of halogens is 1. The van der Waals surface area contributed by atoms with Crippen molar-refractivity contribution in [1.82, 2.24) is 5.32 Å². The minimum absolute atomic E-state index is 0.0351. The highest BCUT2D eigenvalue weighted by Crippen LogP contribution is 2.03. The van der Waals surface area contributed by atoms with Gasteiger partial charge in [0.15, 0.2) is 0 Å². The molecule has 0 saturated heterocycles. The number of ether oxygens (including phenoxy) is 1. The van der Waals surface area contributed by atoms with E-state index >= 15 is 0 Å². The van der Waals surface area contributed by atoms with Crippen LogP contribution in [0.2, 0.25) is 0 Å². The van der Waals surface area contributed by atoms with Crippen LogP contribution in [0.1, 0.15) is 13.8 Å². The van der Waals surface area contributed by atoms with E-state index in [1.54, 1.807) is 7.11 Å². The van der Waals surface area contributed by atoms with Gasteiger partial charge in [-0.15, -0.1) is 0 Å². The Labute approximate surface area is 73.6 Å². The van der Waals surface area contributed by atoms with Crippen molar-refractivity contribution >= 4 is 11.6 Å². The highest BCUT2D eigenvalue weighted by molar-refractivity contribution is 6.29. The molecule has 0 rings (SSSR count). The molecule has 0 amide bonds. The largest absolute Gasteiger partial charge is 0.383 e. The predicted octanol–water partition coefficient (Wildman–Crippen LogP) is 1.75. The lowest BCUT2D eigenvalue weighted by Crippen LogP contribution is -2.43. The minimum atomic E-state index is -0.0351. The van der Waals surface area contributed by atoms with Crippen LogP contribution in [-0.4, -0.2) is 25.8 Å². The van der Waals surface area contributed by atoms with Crippen molar-refractivity contribution in [3.63, 3.8) is 0 Å². The Morgan fingerprint density at radius 2 is 2.18 bits per heavy atom. The summed E-state index contributed by atoms with van der Waals surface area (Å²) in [7, 11) is 1.68. The summed E-state index contributed by atoms with van der Waals surface area (Å²) in [5.41, 5.74) is -0.0351. The zero-order chi connectivity index (χ0) is 8.91. The Kier molecular flexibility index (Phi) is 4.73. The molecule has 0 aliphatic rings. The Morgan fingerprint density at radius 1 is 1.64 bits per heavy atom. The average Bonchev–Trinajstić information content (AvgIpc) is 1.84. The van der Waals surface area contributed by atoms with Crippen LogP contribution >= 0.6 is 11.6 Å². The fraction of sp³-hybridized carbons (Fsp3) is 0.750. The molecule has 3 heteroatoms. The van der Waals surface area contributed by atoms with Gasteiger partial charge in [-0.25, -0.2) is 0 Å². The molecular formula is C8H16ClNO. The number of hydrogen-bond donors (Lipinski definition) is 1. The Balaban J connectivity index is 3.63. The maximum absolute atomic E-state index is 5.59. The Morgan fingerprint density at radius 3 is 2.55 bits per heavy atom. The summed E-state index contributed by atoms with van der Waals surface area (Å²) in [4.78, 5) is 0. The van der Waals surface area contributed by atoms with E-state index in [-0.39, 0.29) is 5.54 Å². The van der Waals surface area contributed by atoms with Gasteiger partial charge in [-0.05, 0) is 13.8 Å². The van der Waals surface area contributed by atoms with Crippen LogP contribution in [0.5, 0.6) is 0 Å². The van der Waals surface area contributed by atoms with Gasteiger partial charge in [0.25, 0.3) is 0 Å². The van der Waals surface area contributed by atoms with E-state index in [2.05, 4.69) is 25.7 Å². The second-order valence-electron chi connectivity index (χ2n) is 3.19. The van der Waals surface area contributed by atoms with Gasteiger partial charge in [0.1, 0.15) is 0 Å². The van der Waals surface area contributed by atoms with Crippen molar-refractivity contribution in [2.45, 2.75) is 19.4 Å². The van der Waals surface area contributed by atoms with Crippen LogP contribution < -0.4 is 5.32 Å². The van der Waals surface area contributed by atoms with E-state index in [4.69, 9.17) is 16.3 Å². The molecule has 0 aromatic carbocycles. The van der Waals surface area contributed by atoms with Gasteiger partial charge in [0.05, 0.1) is 6.61 Å². The standard InChI is InChI=1S/C8H16ClNO/c1-7(9)5-10-8(2,3)6-11-4/h10H,1,5-6H2,2-4H3. The van der Waals surface area contributed by atoms with Crippen molar-refractivity contribution in [3.8, 4) is 0 Å². The molecular weight excluding hydrogens is 162 g/mol. The van der Waals surface area contributed by atoms with Crippen LogP contribution in [-0.2, 0) is 4.74 Å². The van der Waals surface area contributed by atoms with Crippen molar-refractivity contribution < 1.29 is 4.74 Å². The van der Waals surface area contributed by atoms with E-state index < -0.39 is 0 Å². The van der Waals surface area contributed by atoms with Crippen molar-refractivity contribution in [3.05, 3.63) is 11.6 Å². The maximum atomic E-state index is 5.59. The SMILES string of the molecule is C=C(Cl)CNC(C)(C)COC. The number of nitrogens with one attached hydrogen (secondary N) is 1. The maximum Gasteiger partial charge on any atom is 0.0639 e. The van der Waals surface area contributed by atoms with Gasteiger partial charge >= 0.3 is 0 Å². The normalized spacial score (nSPS) is 11.6. The van der Waals surface area contributed by atoms with Crippen LogP contribution in [0.25, 0.3) is 0 Å². The minimum Gasteiger partial charge on any atom is -0.383 e. The fourth-order valence-electron chi connectivity index (χ4n) is 0.747. The van der Waals surface area contributed by atoms with E-state index in [1.165, 1.54) is 0 Å². The molecule has 0 saturated carbocycles. The number of hydrogen-bond acceptors (Lipinski definition) is 2. The summed E-state index contributed by atoms with van der Waals surface area (Å²) in [6, 6.07) is 0. The third-order valence-electron chi connectivity index (χ3n) is 1.26. The average molecular weight is 178 g/mol. The molecule has 2 nitrogen and oxygen atoms in total. The summed E-state index contributed by atoms with van der Waals surface area (Å²) in [5, 5.41) is 3.82. The predicted molar refractivity (Wildman–Crippen MR) is 49.0 cm³/mol. The topological polar surface area (TPSA) is 21.3 Å². The van der Waals surface area contributed by atoms with Crippen molar-refractivity contribution in [1.29, 1.82) is 0 Å². The molecule has 0 heterocycles. The molecule has 0 aliphatic heterocycles. The first-order chi connectivity index (χ1) is 4.98.